The molecule has 0 radical (unpaired) electrons. The monoisotopic (exact) mass is 428 g/mol. The van der Waals surface area contributed by atoms with Gasteiger partial charge in [0, 0.05) is 17.0 Å². The number of nitriles is 1. The Balaban J connectivity index is 0.000000335. The predicted molar refractivity (Wildman–Crippen MR) is 111 cm³/mol. The third kappa shape index (κ3) is 6.88. The number of ether oxygens (including phenoxy) is 1. The van der Waals surface area contributed by atoms with Crippen LogP contribution in [0, 0.1) is 23.0 Å². The summed E-state index contributed by atoms with van der Waals surface area (Å²) in [5.74, 6) is -1.61. The number of hydrogen-bond donors (Lipinski definition) is 3. The van der Waals surface area contributed by atoms with Gasteiger partial charge in [0.2, 0.25) is 0 Å². The maximum Gasteiger partial charge on any atom is 0.341 e. The maximum absolute atomic E-state index is 13.6. The fourth-order valence-corrected chi connectivity index (χ4v) is 2.59. The van der Waals surface area contributed by atoms with Crippen LogP contribution in [0.15, 0.2) is 65.6 Å². The second-order valence-electron chi connectivity index (χ2n) is 6.03. The molecule has 8 heteroatoms. The number of hydrogen-bond acceptors (Lipinski definition) is 5. The lowest BCUT2D eigenvalue weighted by Gasteiger charge is -2.12. The summed E-state index contributed by atoms with van der Waals surface area (Å²) in [4.78, 5) is 11.4. The third-order valence-corrected chi connectivity index (χ3v) is 4.09. The Hall–Kier alpha value is -3.41. The normalized spacial score (nSPS) is 9.83. The lowest BCUT2D eigenvalue weighted by Crippen LogP contribution is -2.10. The molecule has 0 aliphatic heterocycles. The quantitative estimate of drug-likeness (QED) is 0.524. The molecule has 0 saturated carbocycles. The first-order valence-corrected chi connectivity index (χ1v) is 9.10. The number of nitrogens with two attached hydrogens (primary N) is 1. The van der Waals surface area contributed by atoms with E-state index in [1.54, 1.807) is 30.3 Å². The average Bonchev–Trinajstić information content (AvgIpc) is 2.74. The number of halogens is 2. The molecule has 0 spiro atoms. The van der Waals surface area contributed by atoms with Crippen molar-refractivity contribution in [3.05, 3.63) is 83.4 Å². The molecule has 5 nitrogen and oxygen atoms in total. The van der Waals surface area contributed by atoms with Crippen molar-refractivity contribution in [2.45, 2.75) is 11.4 Å². The number of carboxylic acid groups (broad SMARTS) is 1. The molecule has 0 heterocycles. The molecule has 0 bridgehead atoms. The van der Waals surface area contributed by atoms with E-state index >= 15 is 0 Å². The van der Waals surface area contributed by atoms with Crippen LogP contribution in [0.5, 0.6) is 5.75 Å². The van der Waals surface area contributed by atoms with E-state index in [2.05, 4.69) is 12.6 Å². The molecule has 30 heavy (non-hydrogen) atoms. The van der Waals surface area contributed by atoms with Crippen LogP contribution in [-0.2, 0) is 11.3 Å². The van der Waals surface area contributed by atoms with E-state index in [0.717, 1.165) is 16.5 Å². The number of rotatable bonds is 5. The Kier molecular flexibility index (Phi) is 8.35. The van der Waals surface area contributed by atoms with Crippen LogP contribution >= 0.6 is 12.6 Å². The number of nitrogens with zero attached hydrogens (tertiary/aromatic N) is 1. The van der Waals surface area contributed by atoms with E-state index in [4.69, 9.17) is 20.8 Å². The van der Waals surface area contributed by atoms with Crippen LogP contribution in [0.1, 0.15) is 11.1 Å². The van der Waals surface area contributed by atoms with E-state index < -0.39 is 18.4 Å². The van der Waals surface area contributed by atoms with Gasteiger partial charge >= 0.3 is 5.97 Å². The molecule has 0 fully saturated rings. The van der Waals surface area contributed by atoms with Crippen molar-refractivity contribution in [3.63, 3.8) is 0 Å². The number of aliphatic carboxylic acids is 1. The largest absolute Gasteiger partial charge is 0.481 e. The number of carbonyl (C=O) groups is 1. The van der Waals surface area contributed by atoms with Gasteiger partial charge in [0.25, 0.3) is 0 Å². The highest BCUT2D eigenvalue weighted by molar-refractivity contribution is 7.80. The lowest BCUT2D eigenvalue weighted by molar-refractivity contribution is -0.139. The van der Waals surface area contributed by atoms with Crippen LogP contribution in [0.2, 0.25) is 0 Å². The minimum absolute atomic E-state index is 0.164. The zero-order chi connectivity index (χ0) is 22.1. The molecule has 154 valence electrons. The fourth-order valence-electron chi connectivity index (χ4n) is 2.45. The summed E-state index contributed by atoms with van der Waals surface area (Å²) >= 11 is 3.97. The Morgan fingerprint density at radius 2 is 1.77 bits per heavy atom. The van der Waals surface area contributed by atoms with E-state index in [9.17, 15) is 13.6 Å². The lowest BCUT2D eigenvalue weighted by atomic mass is 10.00. The topological polar surface area (TPSA) is 96.3 Å². The predicted octanol–water partition coefficient (Wildman–Crippen LogP) is 4.40. The summed E-state index contributed by atoms with van der Waals surface area (Å²) < 4.78 is 30.9. The molecule has 0 atom stereocenters. The molecule has 0 aliphatic carbocycles. The SMILES string of the molecule is Fc1ccc(S)cc1.N#Cc1cc(F)cc(-c2cc(CN)ccc2OCC(=O)O)c1. The van der Waals surface area contributed by atoms with Crippen molar-refractivity contribution in [1.82, 2.24) is 0 Å². The van der Waals surface area contributed by atoms with E-state index in [0.29, 0.717) is 11.1 Å². The molecular formula is C22H18F2N2O3S. The highest BCUT2D eigenvalue weighted by atomic mass is 32.1. The smallest absolute Gasteiger partial charge is 0.341 e. The van der Waals surface area contributed by atoms with Gasteiger partial charge in [0.1, 0.15) is 17.4 Å². The number of carboxylic acids is 1. The summed E-state index contributed by atoms with van der Waals surface area (Å²) in [6.45, 7) is -0.248. The van der Waals surface area contributed by atoms with E-state index in [1.165, 1.54) is 24.3 Å². The van der Waals surface area contributed by atoms with Gasteiger partial charge in [-0.3, -0.25) is 0 Å². The molecule has 0 aromatic heterocycles. The van der Waals surface area contributed by atoms with Crippen LogP contribution in [-0.4, -0.2) is 17.7 Å². The maximum atomic E-state index is 13.6. The summed E-state index contributed by atoms with van der Waals surface area (Å²) in [6, 6.07) is 16.7. The van der Waals surface area contributed by atoms with Crippen molar-refractivity contribution in [2.75, 3.05) is 6.61 Å². The minimum Gasteiger partial charge on any atom is -0.481 e. The van der Waals surface area contributed by atoms with Crippen LogP contribution in [0.25, 0.3) is 11.1 Å². The zero-order valence-corrected chi connectivity index (χ0v) is 16.6. The first-order chi connectivity index (χ1) is 14.3. The van der Waals surface area contributed by atoms with Gasteiger partial charge in [0.05, 0.1) is 11.6 Å². The van der Waals surface area contributed by atoms with Crippen molar-refractivity contribution in [2.24, 2.45) is 5.73 Å². The van der Waals surface area contributed by atoms with Crippen molar-refractivity contribution in [1.29, 1.82) is 5.26 Å². The van der Waals surface area contributed by atoms with Crippen molar-refractivity contribution in [3.8, 4) is 22.9 Å². The minimum atomic E-state index is -1.12. The van der Waals surface area contributed by atoms with Gasteiger partial charge in [-0.2, -0.15) is 5.26 Å². The van der Waals surface area contributed by atoms with Gasteiger partial charge in [-0.05, 0) is 65.7 Å². The molecule has 0 saturated heterocycles. The number of benzene rings is 3. The second kappa shape index (κ2) is 11.0. The fraction of sp³-hybridized carbons (Fsp3) is 0.0909. The van der Waals surface area contributed by atoms with Gasteiger partial charge in [-0.25, -0.2) is 13.6 Å². The molecule has 0 amide bonds. The van der Waals surface area contributed by atoms with Gasteiger partial charge in [-0.15, -0.1) is 12.6 Å². The van der Waals surface area contributed by atoms with Gasteiger partial charge in [-0.1, -0.05) is 6.07 Å². The highest BCUT2D eigenvalue weighted by Crippen LogP contribution is 2.32. The summed E-state index contributed by atoms with van der Waals surface area (Å²) in [5.41, 5.74) is 7.45. The van der Waals surface area contributed by atoms with E-state index in [-0.39, 0.29) is 23.7 Å². The molecule has 0 unspecified atom stereocenters. The first-order valence-electron chi connectivity index (χ1n) is 8.65. The Labute approximate surface area is 177 Å². The van der Waals surface area contributed by atoms with Gasteiger partial charge < -0.3 is 15.6 Å². The summed E-state index contributed by atoms with van der Waals surface area (Å²) in [5, 5.41) is 17.6. The van der Waals surface area contributed by atoms with Crippen molar-refractivity contribution >= 4 is 18.6 Å². The second-order valence-corrected chi connectivity index (χ2v) is 6.55. The van der Waals surface area contributed by atoms with Crippen molar-refractivity contribution < 1.29 is 23.4 Å². The molecule has 3 rings (SSSR count). The average molecular weight is 428 g/mol. The Morgan fingerprint density at radius 1 is 1.07 bits per heavy atom. The van der Waals surface area contributed by atoms with Crippen LogP contribution in [0.3, 0.4) is 0 Å². The molecule has 3 N–H and O–H groups in total. The highest BCUT2D eigenvalue weighted by Gasteiger charge is 2.11. The van der Waals surface area contributed by atoms with Crippen LogP contribution in [0.4, 0.5) is 8.78 Å². The molecule has 3 aromatic carbocycles. The summed E-state index contributed by atoms with van der Waals surface area (Å²) in [6.07, 6.45) is 0. The number of thiol groups is 1. The third-order valence-electron chi connectivity index (χ3n) is 3.80. The molecular weight excluding hydrogens is 410 g/mol. The van der Waals surface area contributed by atoms with Crippen LogP contribution < -0.4 is 10.5 Å². The Bertz CT molecular complexity index is 1050. The Morgan fingerprint density at radius 3 is 2.33 bits per heavy atom. The molecule has 3 aromatic rings. The van der Waals surface area contributed by atoms with E-state index in [1.807, 2.05) is 6.07 Å². The zero-order valence-electron chi connectivity index (χ0n) is 15.7. The summed E-state index contributed by atoms with van der Waals surface area (Å²) in [7, 11) is 0. The molecule has 0 aliphatic rings. The first kappa shape index (κ1) is 22.9. The standard InChI is InChI=1S/C16H13FN2O3.C6H5FS/c17-13-4-11(8-19)3-12(6-13)14-5-10(7-18)1-2-15(14)22-9-16(20)21;7-5-1-3-6(8)4-2-5/h1-6H,7,9,18H2,(H,20,21);1-4,8H. The van der Waals surface area contributed by atoms with Gasteiger partial charge in [0.15, 0.2) is 6.61 Å².